The summed E-state index contributed by atoms with van der Waals surface area (Å²) < 4.78 is 7.86. The van der Waals surface area contributed by atoms with E-state index < -0.39 is 8.32 Å². The van der Waals surface area contributed by atoms with Gasteiger partial charge < -0.3 is 29.2 Å². The molecule has 2 aromatic rings. The Morgan fingerprint density at radius 1 is 1.04 bits per heavy atom. The van der Waals surface area contributed by atoms with E-state index in [0.29, 0.717) is 0 Å². The molecule has 130 valence electrons. The van der Waals surface area contributed by atoms with E-state index in [1.54, 1.807) is 0 Å². The zero-order valence-corrected chi connectivity index (χ0v) is 19.5. The summed E-state index contributed by atoms with van der Waals surface area (Å²) in [6.07, 6.45) is 2.30. The van der Waals surface area contributed by atoms with Crippen molar-refractivity contribution in [1.29, 1.82) is 0 Å². The van der Waals surface area contributed by atoms with Crippen molar-refractivity contribution in [3.63, 3.8) is 0 Å². The SMILES string of the molecule is C[CH]=[Zr+2].C[Si](C)(C)OCCC[c-]1cccc1.[Cl-].[Cl-].c1cc[cH-]c1. The van der Waals surface area contributed by atoms with Crippen LogP contribution in [-0.4, -0.2) is 18.6 Å². The van der Waals surface area contributed by atoms with Crippen molar-refractivity contribution in [3.05, 3.63) is 60.2 Å². The summed E-state index contributed by atoms with van der Waals surface area (Å²) in [7, 11) is -1.28. The summed E-state index contributed by atoms with van der Waals surface area (Å²) in [4.78, 5) is 0. The summed E-state index contributed by atoms with van der Waals surface area (Å²) in [5, 5.41) is 0. The van der Waals surface area contributed by atoms with Crippen LogP contribution in [0.3, 0.4) is 0 Å². The van der Waals surface area contributed by atoms with Crippen molar-refractivity contribution in [2.24, 2.45) is 0 Å². The molecule has 0 atom stereocenters. The molecule has 0 spiro atoms. The van der Waals surface area contributed by atoms with Gasteiger partial charge in [-0.1, -0.05) is 6.42 Å². The van der Waals surface area contributed by atoms with Crippen molar-refractivity contribution < 1.29 is 53.5 Å². The first-order valence-corrected chi connectivity index (χ1v) is 12.3. The van der Waals surface area contributed by atoms with Crippen LogP contribution < -0.4 is 24.8 Å². The van der Waals surface area contributed by atoms with E-state index in [-0.39, 0.29) is 24.8 Å². The van der Waals surface area contributed by atoms with Gasteiger partial charge in [-0.15, -0.1) is 0 Å². The van der Waals surface area contributed by atoms with Gasteiger partial charge in [-0.3, -0.25) is 0 Å². The minimum atomic E-state index is -1.28. The first-order valence-electron chi connectivity index (χ1n) is 7.46. The molecule has 0 N–H and O–H groups in total. The van der Waals surface area contributed by atoms with Gasteiger partial charge in [0.15, 0.2) is 8.32 Å². The van der Waals surface area contributed by atoms with Crippen molar-refractivity contribution in [2.75, 3.05) is 6.61 Å². The number of aryl methyl sites for hydroxylation is 1. The van der Waals surface area contributed by atoms with E-state index >= 15 is 0 Å². The minimum Gasteiger partial charge on any atom is -1.00 e. The Kier molecular flexibility index (Phi) is 22.6. The zero-order chi connectivity index (χ0) is 16.0. The Bertz CT molecular complexity index is 405. The summed E-state index contributed by atoms with van der Waals surface area (Å²) in [6, 6.07) is 18.5. The molecule has 0 bridgehead atoms. The average molecular weight is 451 g/mol. The number of hydrogen-bond donors (Lipinski definition) is 0. The Labute approximate surface area is 170 Å². The second-order valence-electron chi connectivity index (χ2n) is 5.61. The Morgan fingerprint density at radius 3 is 1.87 bits per heavy atom. The van der Waals surface area contributed by atoms with Gasteiger partial charge >= 0.3 is 34.9 Å². The van der Waals surface area contributed by atoms with Crippen molar-refractivity contribution in [1.82, 2.24) is 0 Å². The molecule has 5 heteroatoms. The molecule has 1 nitrogen and oxygen atoms in total. The fourth-order valence-corrected chi connectivity index (χ4v) is 2.31. The van der Waals surface area contributed by atoms with Gasteiger partial charge in [-0.2, -0.15) is 35.9 Å². The number of halogens is 2. The zero-order valence-electron chi connectivity index (χ0n) is 14.6. The van der Waals surface area contributed by atoms with E-state index in [4.69, 9.17) is 4.43 Å². The smallest absolute Gasteiger partial charge is 0.183 e. The van der Waals surface area contributed by atoms with E-state index in [9.17, 15) is 0 Å². The number of rotatable bonds is 5. The molecule has 2 aromatic carbocycles. The van der Waals surface area contributed by atoms with Gasteiger partial charge in [-0.25, -0.2) is 24.3 Å². The Morgan fingerprint density at radius 2 is 1.52 bits per heavy atom. The third-order valence-electron chi connectivity index (χ3n) is 2.43. The molecule has 0 radical (unpaired) electrons. The fourth-order valence-electron chi connectivity index (χ4n) is 1.56. The van der Waals surface area contributed by atoms with Crippen LogP contribution >= 0.6 is 0 Å². The summed E-state index contributed by atoms with van der Waals surface area (Å²) in [5.74, 6) is 0. The molecule has 0 fully saturated rings. The van der Waals surface area contributed by atoms with Crippen LogP contribution in [0, 0.1) is 0 Å². The number of hydrogen-bond acceptors (Lipinski definition) is 1. The topological polar surface area (TPSA) is 9.23 Å². The molecule has 0 aromatic heterocycles. The Balaban J connectivity index is -0.000000336. The average Bonchev–Trinajstić information content (AvgIpc) is 3.10. The van der Waals surface area contributed by atoms with Gasteiger partial charge in [0.25, 0.3) is 0 Å². The van der Waals surface area contributed by atoms with Crippen LogP contribution in [0.2, 0.25) is 19.6 Å². The maximum absolute atomic E-state index is 5.77. The third-order valence-corrected chi connectivity index (χ3v) is 3.50. The Hall–Kier alpha value is 0.210. The largest absolute Gasteiger partial charge is 1.00 e. The quantitative estimate of drug-likeness (QED) is 0.321. The molecule has 23 heavy (non-hydrogen) atoms. The van der Waals surface area contributed by atoms with Crippen molar-refractivity contribution >= 4 is 12.0 Å². The maximum atomic E-state index is 5.77. The predicted molar refractivity (Wildman–Crippen MR) is 93.4 cm³/mol. The van der Waals surface area contributed by atoms with Crippen LogP contribution in [0.4, 0.5) is 0 Å². The molecule has 0 heterocycles. The molecule has 0 unspecified atom stereocenters. The van der Waals surface area contributed by atoms with Gasteiger partial charge in [0.2, 0.25) is 0 Å². The standard InChI is InChI=1S/C11H19OSi.C5H5.C2H4.2ClH.Zr/c1-13(2,3)12-10-6-9-11-7-4-5-8-11;1-2-4-5-3-1;1-2;;;/h4-5,7-8H,6,9-10H2,1-3H3;1-5H;1H,2H3;2*1H;/q2*-1;;;;+2/p-2. The molecule has 0 saturated heterocycles. The summed E-state index contributed by atoms with van der Waals surface area (Å²) in [5.41, 5.74) is 1.43. The monoisotopic (exact) mass is 448 g/mol. The third kappa shape index (κ3) is 22.2. The molecule has 0 saturated carbocycles. The van der Waals surface area contributed by atoms with Crippen molar-refractivity contribution in [3.8, 4) is 0 Å². The second-order valence-corrected chi connectivity index (χ2v) is 11.5. The van der Waals surface area contributed by atoms with Crippen LogP contribution in [-0.2, 0) is 35.1 Å². The van der Waals surface area contributed by atoms with E-state index in [1.807, 2.05) is 37.3 Å². The van der Waals surface area contributed by atoms with E-state index in [2.05, 4.69) is 47.6 Å². The first kappa shape index (κ1) is 28.0. The van der Waals surface area contributed by atoms with Crippen LogP contribution in [0.25, 0.3) is 0 Å². The molecule has 0 aliphatic rings. The van der Waals surface area contributed by atoms with Gasteiger partial charge in [0, 0.05) is 6.61 Å². The van der Waals surface area contributed by atoms with Crippen LogP contribution in [0.15, 0.2) is 54.6 Å². The van der Waals surface area contributed by atoms with Crippen LogP contribution in [0.1, 0.15) is 18.9 Å². The van der Waals surface area contributed by atoms with Gasteiger partial charge in [-0.05, 0) is 26.1 Å². The molecular formula is C18H28Cl2OSiZr-2. The fraction of sp³-hybridized carbons (Fsp3) is 0.389. The maximum Gasteiger partial charge on any atom is 0.183 e. The van der Waals surface area contributed by atoms with E-state index in [1.165, 1.54) is 29.8 Å². The molecular weight excluding hydrogens is 422 g/mol. The molecule has 0 aliphatic carbocycles. The second kappa shape index (κ2) is 18.5. The molecule has 2 rings (SSSR count). The van der Waals surface area contributed by atoms with E-state index in [0.717, 1.165) is 19.4 Å². The van der Waals surface area contributed by atoms with Crippen molar-refractivity contribution in [2.45, 2.75) is 39.4 Å². The minimum absolute atomic E-state index is 0. The molecule has 0 amide bonds. The summed E-state index contributed by atoms with van der Waals surface area (Å²) in [6.45, 7) is 9.65. The summed E-state index contributed by atoms with van der Waals surface area (Å²) >= 11 is 1.51. The molecule has 0 aliphatic heterocycles. The normalized spacial score (nSPS) is 9.13. The predicted octanol–water partition coefficient (Wildman–Crippen LogP) is -1.04. The van der Waals surface area contributed by atoms with Gasteiger partial charge in [0.05, 0.1) is 0 Å². The first-order chi connectivity index (χ1) is 9.99. The van der Waals surface area contributed by atoms with Gasteiger partial charge in [0.1, 0.15) is 0 Å². The van der Waals surface area contributed by atoms with Crippen LogP contribution in [0.5, 0.6) is 0 Å².